The zero-order valence-corrected chi connectivity index (χ0v) is 17.4. The standard InChI is InChI=1S/C20H33N3O3S/c1-20(2)16(15-7-10-26-17(15)20)22-19(25)21-14-5-3-13(4-6-14)18(24)23-8-11-27-12-9-23/h13-17H,3-12H2,1-2H3,(H2,21,22,25)/t13?,14?,15-,16+,17+/m0/s1. The Labute approximate surface area is 166 Å². The van der Waals surface area contributed by atoms with E-state index in [1.165, 1.54) is 0 Å². The van der Waals surface area contributed by atoms with Gasteiger partial charge in [-0.15, -0.1) is 0 Å². The van der Waals surface area contributed by atoms with Gasteiger partial charge in [0.1, 0.15) is 0 Å². The van der Waals surface area contributed by atoms with Gasteiger partial charge < -0.3 is 20.3 Å². The molecule has 2 N–H and O–H groups in total. The molecule has 0 aromatic carbocycles. The Morgan fingerprint density at radius 1 is 1.04 bits per heavy atom. The summed E-state index contributed by atoms with van der Waals surface area (Å²) < 4.78 is 5.80. The SMILES string of the molecule is CC1(C)[C@H](NC(=O)NC2CCC(C(=O)N3CCSCC3)CC2)[C@@H]2CCO[C@H]21. The molecule has 27 heavy (non-hydrogen) atoms. The van der Waals surface area contributed by atoms with Gasteiger partial charge in [0.15, 0.2) is 0 Å². The maximum atomic E-state index is 12.7. The Morgan fingerprint density at radius 2 is 1.74 bits per heavy atom. The Hall–Kier alpha value is -0.950. The molecule has 0 aromatic heterocycles. The quantitative estimate of drug-likeness (QED) is 0.769. The van der Waals surface area contributed by atoms with Crippen LogP contribution < -0.4 is 10.6 Å². The summed E-state index contributed by atoms with van der Waals surface area (Å²) in [6.45, 7) is 6.97. The molecule has 3 amide bonds. The van der Waals surface area contributed by atoms with E-state index in [1.807, 2.05) is 16.7 Å². The lowest BCUT2D eigenvalue weighted by Gasteiger charge is -2.54. The molecule has 2 saturated carbocycles. The summed E-state index contributed by atoms with van der Waals surface area (Å²) >= 11 is 1.93. The van der Waals surface area contributed by atoms with Crippen LogP contribution in [0.5, 0.6) is 0 Å². The van der Waals surface area contributed by atoms with E-state index in [1.54, 1.807) is 0 Å². The minimum Gasteiger partial charge on any atom is -0.377 e. The molecule has 4 aliphatic rings. The van der Waals surface area contributed by atoms with Crippen molar-refractivity contribution in [3.63, 3.8) is 0 Å². The second-order valence-electron chi connectivity index (χ2n) is 9.15. The molecule has 0 radical (unpaired) electrons. The first kappa shape index (κ1) is 19.4. The highest BCUT2D eigenvalue weighted by molar-refractivity contribution is 7.99. The highest BCUT2D eigenvalue weighted by atomic mass is 32.2. The molecular formula is C20H33N3O3S. The van der Waals surface area contributed by atoms with Crippen molar-refractivity contribution in [2.75, 3.05) is 31.2 Å². The monoisotopic (exact) mass is 395 g/mol. The zero-order valence-electron chi connectivity index (χ0n) is 16.5. The molecule has 2 aliphatic heterocycles. The molecule has 0 unspecified atom stereocenters. The average molecular weight is 396 g/mol. The lowest BCUT2D eigenvalue weighted by molar-refractivity contribution is -0.136. The van der Waals surface area contributed by atoms with E-state index in [9.17, 15) is 9.59 Å². The van der Waals surface area contributed by atoms with Crippen LogP contribution in [0.3, 0.4) is 0 Å². The number of hydrogen-bond acceptors (Lipinski definition) is 4. The van der Waals surface area contributed by atoms with Crippen molar-refractivity contribution < 1.29 is 14.3 Å². The number of amides is 3. The van der Waals surface area contributed by atoms with E-state index in [0.717, 1.165) is 63.3 Å². The molecule has 0 bridgehead atoms. The van der Waals surface area contributed by atoms with Gasteiger partial charge in [-0.25, -0.2) is 4.79 Å². The maximum absolute atomic E-state index is 12.7. The number of nitrogens with one attached hydrogen (secondary N) is 2. The van der Waals surface area contributed by atoms with E-state index < -0.39 is 0 Å². The summed E-state index contributed by atoms with van der Waals surface area (Å²) in [6, 6.07) is 0.325. The first-order chi connectivity index (χ1) is 13.0. The van der Waals surface area contributed by atoms with Crippen LogP contribution in [0.2, 0.25) is 0 Å². The Bertz CT molecular complexity index is 571. The third kappa shape index (κ3) is 3.82. The van der Waals surface area contributed by atoms with Gasteiger partial charge in [-0.1, -0.05) is 13.8 Å². The van der Waals surface area contributed by atoms with Crippen molar-refractivity contribution in [2.24, 2.45) is 17.3 Å². The third-order valence-corrected chi connectivity index (χ3v) is 8.06. The number of carbonyl (C=O) groups is 2. The lowest BCUT2D eigenvalue weighted by atomic mass is 9.57. The van der Waals surface area contributed by atoms with Gasteiger partial charge in [0.05, 0.1) is 6.10 Å². The van der Waals surface area contributed by atoms with Crippen LogP contribution in [0.25, 0.3) is 0 Å². The highest BCUT2D eigenvalue weighted by Crippen LogP contribution is 2.52. The number of hydrogen-bond donors (Lipinski definition) is 2. The van der Waals surface area contributed by atoms with Crippen molar-refractivity contribution in [1.29, 1.82) is 0 Å². The van der Waals surface area contributed by atoms with Gasteiger partial charge in [-0.3, -0.25) is 4.79 Å². The van der Waals surface area contributed by atoms with Gasteiger partial charge in [0, 0.05) is 60.5 Å². The van der Waals surface area contributed by atoms with Crippen molar-refractivity contribution in [3.05, 3.63) is 0 Å². The first-order valence-electron chi connectivity index (χ1n) is 10.5. The van der Waals surface area contributed by atoms with Crippen LogP contribution in [-0.4, -0.2) is 66.2 Å². The number of thioether (sulfide) groups is 1. The number of ether oxygens (including phenoxy) is 1. The van der Waals surface area contributed by atoms with Crippen LogP contribution >= 0.6 is 11.8 Å². The highest BCUT2D eigenvalue weighted by Gasteiger charge is 2.59. The van der Waals surface area contributed by atoms with Crippen LogP contribution in [-0.2, 0) is 9.53 Å². The third-order valence-electron chi connectivity index (χ3n) is 7.12. The molecule has 7 heteroatoms. The molecule has 0 aromatic rings. The summed E-state index contributed by atoms with van der Waals surface area (Å²) in [6.07, 6.45) is 4.91. The summed E-state index contributed by atoms with van der Waals surface area (Å²) in [5.74, 6) is 3.07. The first-order valence-corrected chi connectivity index (χ1v) is 11.7. The van der Waals surface area contributed by atoms with Gasteiger partial charge >= 0.3 is 6.03 Å². The predicted octanol–water partition coefficient (Wildman–Crippen LogP) is 2.23. The zero-order chi connectivity index (χ0) is 19.0. The van der Waals surface area contributed by atoms with E-state index in [-0.39, 0.29) is 35.6 Å². The van der Waals surface area contributed by atoms with E-state index >= 15 is 0 Å². The van der Waals surface area contributed by atoms with Crippen molar-refractivity contribution >= 4 is 23.7 Å². The van der Waals surface area contributed by atoms with Crippen LogP contribution in [0, 0.1) is 17.3 Å². The number of nitrogens with zero attached hydrogens (tertiary/aromatic N) is 1. The van der Waals surface area contributed by atoms with Crippen LogP contribution in [0.4, 0.5) is 4.79 Å². The van der Waals surface area contributed by atoms with Crippen LogP contribution in [0.1, 0.15) is 46.0 Å². The normalized spacial score (nSPS) is 37.9. The molecule has 2 aliphatic carbocycles. The molecule has 4 rings (SSSR count). The van der Waals surface area contributed by atoms with Crippen molar-refractivity contribution in [3.8, 4) is 0 Å². The Balaban J connectivity index is 1.21. The minimum atomic E-state index is -0.0544. The van der Waals surface area contributed by atoms with Gasteiger partial charge in [0.2, 0.25) is 5.91 Å². The van der Waals surface area contributed by atoms with Gasteiger partial charge in [0.25, 0.3) is 0 Å². The second kappa shape index (κ2) is 7.82. The summed E-state index contributed by atoms with van der Waals surface area (Å²) in [4.78, 5) is 27.2. The lowest BCUT2D eigenvalue weighted by Crippen LogP contribution is -2.68. The fourth-order valence-electron chi connectivity index (χ4n) is 5.51. The summed E-state index contributed by atoms with van der Waals surface area (Å²) in [5, 5.41) is 6.36. The number of rotatable bonds is 3. The number of urea groups is 1. The molecule has 6 nitrogen and oxygen atoms in total. The molecule has 152 valence electrons. The minimum absolute atomic E-state index is 0.00924. The molecular weight excluding hydrogens is 362 g/mol. The largest absolute Gasteiger partial charge is 0.377 e. The Morgan fingerprint density at radius 3 is 2.44 bits per heavy atom. The van der Waals surface area contributed by atoms with Crippen LogP contribution in [0.15, 0.2) is 0 Å². The van der Waals surface area contributed by atoms with E-state index in [2.05, 4.69) is 24.5 Å². The van der Waals surface area contributed by atoms with E-state index in [0.29, 0.717) is 11.8 Å². The molecule has 0 spiro atoms. The maximum Gasteiger partial charge on any atom is 0.315 e. The Kier molecular flexibility index (Phi) is 5.61. The fraction of sp³-hybridized carbons (Fsp3) is 0.900. The predicted molar refractivity (Wildman–Crippen MR) is 107 cm³/mol. The number of carbonyl (C=O) groups excluding carboxylic acids is 2. The topological polar surface area (TPSA) is 70.7 Å². The summed E-state index contributed by atoms with van der Waals surface area (Å²) in [5.41, 5.74) is 0.00924. The number of fused-ring (bicyclic) bond motifs is 1. The molecule has 3 atom stereocenters. The smallest absolute Gasteiger partial charge is 0.315 e. The second-order valence-corrected chi connectivity index (χ2v) is 10.4. The molecule has 2 heterocycles. The van der Waals surface area contributed by atoms with Crippen molar-refractivity contribution in [1.82, 2.24) is 15.5 Å². The van der Waals surface area contributed by atoms with Crippen molar-refractivity contribution in [2.45, 2.75) is 64.1 Å². The average Bonchev–Trinajstić information content (AvgIpc) is 3.14. The molecule has 2 saturated heterocycles. The fourth-order valence-corrected chi connectivity index (χ4v) is 6.42. The van der Waals surface area contributed by atoms with Gasteiger partial charge in [-0.05, 0) is 32.1 Å². The molecule has 4 fully saturated rings. The summed E-state index contributed by atoms with van der Waals surface area (Å²) in [7, 11) is 0. The van der Waals surface area contributed by atoms with Gasteiger partial charge in [-0.2, -0.15) is 11.8 Å². The van der Waals surface area contributed by atoms with E-state index in [4.69, 9.17) is 4.74 Å².